The highest BCUT2D eigenvalue weighted by Gasteiger charge is 2.12. The van der Waals surface area contributed by atoms with Crippen molar-refractivity contribution in [3.63, 3.8) is 0 Å². The summed E-state index contributed by atoms with van der Waals surface area (Å²) in [6.07, 6.45) is 5.38. The van der Waals surface area contributed by atoms with Gasteiger partial charge in [0.25, 0.3) is 6.02 Å². The number of amidine groups is 1. The first-order chi connectivity index (χ1) is 14.7. The molecule has 0 fully saturated rings. The topological polar surface area (TPSA) is 98.0 Å². The smallest absolute Gasteiger partial charge is 0.287 e. The van der Waals surface area contributed by atoms with Crippen LogP contribution in [0.15, 0.2) is 47.5 Å². The third-order valence-electron chi connectivity index (χ3n) is 5.00. The zero-order valence-electron chi connectivity index (χ0n) is 17.4. The number of benzene rings is 2. The van der Waals surface area contributed by atoms with Crippen LogP contribution in [0, 0.1) is 0 Å². The first kappa shape index (κ1) is 21.8. The van der Waals surface area contributed by atoms with Crippen LogP contribution in [-0.4, -0.2) is 38.7 Å². The molecule has 2 aliphatic rings. The Morgan fingerprint density at radius 2 is 1.87 bits per heavy atom. The average Bonchev–Trinajstić information content (AvgIpc) is 2.77. The van der Waals surface area contributed by atoms with E-state index in [-0.39, 0.29) is 18.5 Å². The molecule has 0 radical (unpaired) electrons. The Labute approximate surface area is 177 Å². The normalized spacial score (nSPS) is 14.2. The molecule has 0 saturated heterocycles. The van der Waals surface area contributed by atoms with Crippen LogP contribution in [0.5, 0.6) is 0 Å². The molecule has 0 saturated carbocycles. The van der Waals surface area contributed by atoms with Gasteiger partial charge in [-0.15, -0.1) is 0 Å². The Morgan fingerprint density at radius 3 is 2.57 bits per heavy atom. The van der Waals surface area contributed by atoms with E-state index >= 15 is 0 Å². The number of nitrogens with zero attached hydrogens (tertiary/aromatic N) is 1. The monoisotopic (exact) mass is 410 g/mol. The number of carbonyl (C=O) groups excluding carboxylic acids is 1. The minimum atomic E-state index is -0.110. The SMILES string of the molecule is COCCNCC(=O)Nc1ccc2c(c1)COC(N)=N2.c1ccc2c(c1)CCCC2. The van der Waals surface area contributed by atoms with Gasteiger partial charge >= 0.3 is 0 Å². The predicted octanol–water partition coefficient (Wildman–Crippen LogP) is 2.90. The molecule has 0 bridgehead atoms. The summed E-state index contributed by atoms with van der Waals surface area (Å²) in [6.45, 7) is 1.81. The number of hydrogen-bond acceptors (Lipinski definition) is 6. The van der Waals surface area contributed by atoms with Gasteiger partial charge in [-0.1, -0.05) is 24.3 Å². The highest BCUT2D eigenvalue weighted by atomic mass is 16.5. The van der Waals surface area contributed by atoms with Crippen LogP contribution in [0.25, 0.3) is 0 Å². The van der Waals surface area contributed by atoms with Gasteiger partial charge < -0.3 is 25.8 Å². The van der Waals surface area contributed by atoms with E-state index in [4.69, 9.17) is 15.2 Å². The molecule has 0 atom stereocenters. The van der Waals surface area contributed by atoms with E-state index in [0.29, 0.717) is 25.4 Å². The molecule has 7 heteroatoms. The second-order valence-electron chi connectivity index (χ2n) is 7.28. The molecule has 1 aliphatic carbocycles. The number of amides is 1. The highest BCUT2D eigenvalue weighted by Crippen LogP contribution is 2.26. The van der Waals surface area contributed by atoms with Crippen molar-refractivity contribution in [3.8, 4) is 0 Å². The van der Waals surface area contributed by atoms with Gasteiger partial charge in [0.2, 0.25) is 5.91 Å². The number of anilines is 1. The number of fused-ring (bicyclic) bond motifs is 2. The van der Waals surface area contributed by atoms with Gasteiger partial charge in [0.1, 0.15) is 6.61 Å². The molecule has 160 valence electrons. The maximum atomic E-state index is 11.7. The number of rotatable bonds is 6. The Hall–Kier alpha value is -2.90. The van der Waals surface area contributed by atoms with Crippen LogP contribution in [0.3, 0.4) is 0 Å². The van der Waals surface area contributed by atoms with Crippen molar-refractivity contribution in [1.82, 2.24) is 5.32 Å². The minimum absolute atomic E-state index is 0.110. The van der Waals surface area contributed by atoms with Crippen molar-refractivity contribution in [2.75, 3.05) is 32.1 Å². The maximum Gasteiger partial charge on any atom is 0.287 e. The largest absolute Gasteiger partial charge is 0.460 e. The number of hydrogen-bond donors (Lipinski definition) is 3. The second-order valence-corrected chi connectivity index (χ2v) is 7.28. The van der Waals surface area contributed by atoms with E-state index in [9.17, 15) is 4.79 Å². The molecule has 0 unspecified atom stereocenters. The molecule has 1 amide bonds. The van der Waals surface area contributed by atoms with Gasteiger partial charge in [0, 0.05) is 24.9 Å². The Kier molecular flexibility index (Phi) is 8.23. The van der Waals surface area contributed by atoms with Gasteiger partial charge in [0.05, 0.1) is 18.8 Å². The van der Waals surface area contributed by atoms with Gasteiger partial charge in [-0.2, -0.15) is 4.99 Å². The molecule has 0 aromatic heterocycles. The molecule has 2 aromatic rings. The van der Waals surface area contributed by atoms with Crippen LogP contribution in [0.4, 0.5) is 11.4 Å². The van der Waals surface area contributed by atoms with Crippen molar-refractivity contribution < 1.29 is 14.3 Å². The molecule has 1 aliphatic heterocycles. The van der Waals surface area contributed by atoms with Gasteiger partial charge in [0.15, 0.2) is 0 Å². The molecule has 1 heterocycles. The van der Waals surface area contributed by atoms with E-state index in [1.54, 1.807) is 30.4 Å². The summed E-state index contributed by atoms with van der Waals surface area (Å²) >= 11 is 0. The molecule has 7 nitrogen and oxygen atoms in total. The fourth-order valence-corrected chi connectivity index (χ4v) is 3.45. The number of aliphatic imine (C=N–C) groups is 1. The summed E-state index contributed by atoms with van der Waals surface area (Å²) in [5, 5.41) is 5.78. The van der Waals surface area contributed by atoms with Crippen LogP contribution >= 0.6 is 0 Å². The zero-order chi connectivity index (χ0) is 21.2. The summed E-state index contributed by atoms with van der Waals surface area (Å²) in [6, 6.07) is 14.4. The van der Waals surface area contributed by atoms with Crippen LogP contribution in [0.2, 0.25) is 0 Å². The third kappa shape index (κ3) is 6.57. The molecule has 30 heavy (non-hydrogen) atoms. The average molecular weight is 411 g/mol. The molecule has 4 N–H and O–H groups in total. The molecular weight excluding hydrogens is 380 g/mol. The first-order valence-electron chi connectivity index (χ1n) is 10.3. The number of carbonyl (C=O) groups is 1. The highest BCUT2D eigenvalue weighted by molar-refractivity contribution is 5.92. The summed E-state index contributed by atoms with van der Waals surface area (Å²) in [5.41, 5.74) is 11.0. The quantitative estimate of drug-likeness (QED) is 0.636. The Bertz CT molecular complexity index is 858. The fourth-order valence-electron chi connectivity index (χ4n) is 3.45. The van der Waals surface area contributed by atoms with E-state index in [1.165, 1.54) is 25.7 Å². The van der Waals surface area contributed by atoms with E-state index < -0.39 is 0 Å². The second kappa shape index (κ2) is 11.3. The lowest BCUT2D eigenvalue weighted by Crippen LogP contribution is -2.30. The van der Waals surface area contributed by atoms with Crippen molar-refractivity contribution in [3.05, 3.63) is 59.2 Å². The number of nitrogens with two attached hydrogens (primary N) is 1. The summed E-state index contributed by atoms with van der Waals surface area (Å²) in [4.78, 5) is 15.8. The summed E-state index contributed by atoms with van der Waals surface area (Å²) in [5.74, 6) is -0.110. The lowest BCUT2D eigenvalue weighted by molar-refractivity contribution is -0.115. The molecule has 2 aromatic carbocycles. The van der Waals surface area contributed by atoms with Crippen molar-refractivity contribution >= 4 is 23.3 Å². The number of methoxy groups -OCH3 is 1. The number of aryl methyl sites for hydroxylation is 2. The van der Waals surface area contributed by atoms with Crippen LogP contribution in [-0.2, 0) is 33.7 Å². The van der Waals surface area contributed by atoms with Crippen LogP contribution in [0.1, 0.15) is 29.5 Å². The van der Waals surface area contributed by atoms with Crippen molar-refractivity contribution in [1.29, 1.82) is 0 Å². The van der Waals surface area contributed by atoms with Crippen molar-refractivity contribution in [2.45, 2.75) is 32.3 Å². The van der Waals surface area contributed by atoms with E-state index in [1.807, 2.05) is 6.07 Å². The van der Waals surface area contributed by atoms with Gasteiger partial charge in [-0.25, -0.2) is 0 Å². The number of ether oxygens (including phenoxy) is 2. The molecule has 4 rings (SSSR count). The standard InChI is InChI=1S/C13H18N4O3.C10H12/c1-19-5-4-15-7-12(18)16-10-2-3-11-9(6-10)8-20-13(14)17-11;1-2-6-10-8-4-3-7-9(10)5-1/h2-3,6,15H,4-5,7-8H2,1H3,(H2,14,17)(H,16,18);1-2,5-6H,3-4,7-8H2. The number of nitrogens with one attached hydrogen (secondary N) is 2. The van der Waals surface area contributed by atoms with E-state index in [2.05, 4.69) is 39.9 Å². The Morgan fingerprint density at radius 1 is 1.13 bits per heavy atom. The first-order valence-corrected chi connectivity index (χ1v) is 10.3. The predicted molar refractivity (Wildman–Crippen MR) is 119 cm³/mol. The zero-order valence-corrected chi connectivity index (χ0v) is 17.4. The third-order valence-corrected chi connectivity index (χ3v) is 5.00. The summed E-state index contributed by atoms with van der Waals surface area (Å²) < 4.78 is 10.0. The lowest BCUT2D eigenvalue weighted by atomic mass is 9.92. The van der Waals surface area contributed by atoms with Gasteiger partial charge in [-0.3, -0.25) is 4.79 Å². The Balaban J connectivity index is 0.000000212. The van der Waals surface area contributed by atoms with Gasteiger partial charge in [-0.05, 0) is 55.0 Å². The van der Waals surface area contributed by atoms with Crippen molar-refractivity contribution in [2.24, 2.45) is 10.7 Å². The van der Waals surface area contributed by atoms with Crippen LogP contribution < -0.4 is 16.4 Å². The minimum Gasteiger partial charge on any atom is -0.460 e. The maximum absolute atomic E-state index is 11.7. The molecular formula is C23H30N4O3. The lowest BCUT2D eigenvalue weighted by Gasteiger charge is -2.15. The van der Waals surface area contributed by atoms with E-state index in [0.717, 1.165) is 11.3 Å². The fraction of sp³-hybridized carbons (Fsp3) is 0.391. The summed E-state index contributed by atoms with van der Waals surface area (Å²) in [7, 11) is 1.62. The molecule has 0 spiro atoms.